The molecule has 5 nitrogen and oxygen atoms in total. The first-order valence-electron chi connectivity index (χ1n) is 7.75. The van der Waals surface area contributed by atoms with Crippen molar-refractivity contribution >= 4 is 10.9 Å². The fraction of sp³-hybridized carbons (Fsp3) is 0.471. The number of hydrogen-bond acceptors (Lipinski definition) is 5. The van der Waals surface area contributed by atoms with E-state index in [1.807, 2.05) is 0 Å². The third kappa shape index (κ3) is 3.44. The Morgan fingerprint density at radius 1 is 1.48 bits per heavy atom. The summed E-state index contributed by atoms with van der Waals surface area (Å²) in [5.74, 6) is -0.00536. The summed E-state index contributed by atoms with van der Waals surface area (Å²) < 4.78 is 24.8. The summed E-state index contributed by atoms with van der Waals surface area (Å²) in [5.41, 5.74) is 6.90. The van der Waals surface area contributed by atoms with Crippen molar-refractivity contribution in [3.8, 4) is 5.75 Å². The third-order valence-electron chi connectivity index (χ3n) is 4.30. The van der Waals surface area contributed by atoms with Gasteiger partial charge in [0.2, 0.25) is 0 Å². The Balaban J connectivity index is 1.86. The van der Waals surface area contributed by atoms with E-state index in [4.69, 9.17) is 15.2 Å². The molecule has 1 aromatic heterocycles. The van der Waals surface area contributed by atoms with Gasteiger partial charge in [0.05, 0.1) is 25.9 Å². The van der Waals surface area contributed by atoms with Gasteiger partial charge in [0.25, 0.3) is 0 Å². The summed E-state index contributed by atoms with van der Waals surface area (Å²) in [7, 11) is 1.49. The molecule has 0 unspecified atom stereocenters. The van der Waals surface area contributed by atoms with Gasteiger partial charge in [0.1, 0.15) is 11.3 Å². The molecule has 0 saturated carbocycles. The van der Waals surface area contributed by atoms with Crippen LogP contribution in [0.2, 0.25) is 0 Å². The first kappa shape index (κ1) is 16.1. The Bertz CT molecular complexity index is 687. The van der Waals surface area contributed by atoms with Crippen molar-refractivity contribution in [1.29, 1.82) is 0 Å². The van der Waals surface area contributed by atoms with Crippen molar-refractivity contribution in [2.75, 3.05) is 13.7 Å². The predicted molar refractivity (Wildman–Crippen MR) is 84.9 cm³/mol. The Labute approximate surface area is 134 Å². The number of nitrogens with two attached hydrogens (primary N) is 1. The number of aliphatic hydroxyl groups excluding tert-OH is 1. The zero-order valence-electron chi connectivity index (χ0n) is 13.0. The minimum atomic E-state index is -0.664. The van der Waals surface area contributed by atoms with E-state index in [2.05, 4.69) is 4.98 Å². The maximum absolute atomic E-state index is 14.1. The molecule has 0 spiro atoms. The van der Waals surface area contributed by atoms with Gasteiger partial charge in [-0.2, -0.15) is 0 Å². The number of aliphatic hydroxyl groups is 1. The van der Waals surface area contributed by atoms with Crippen LogP contribution in [0.25, 0.3) is 10.9 Å². The molecular weight excluding hydrogens is 299 g/mol. The molecule has 0 radical (unpaired) electrons. The molecule has 1 aliphatic rings. The van der Waals surface area contributed by atoms with Gasteiger partial charge >= 0.3 is 0 Å². The third-order valence-corrected chi connectivity index (χ3v) is 4.30. The van der Waals surface area contributed by atoms with Crippen molar-refractivity contribution in [2.45, 2.75) is 37.5 Å². The molecule has 1 saturated heterocycles. The highest BCUT2D eigenvalue weighted by molar-refractivity contribution is 5.84. The summed E-state index contributed by atoms with van der Waals surface area (Å²) in [6, 6.07) is 4.88. The maximum atomic E-state index is 14.1. The number of hydrogen-bond donors (Lipinski definition) is 2. The van der Waals surface area contributed by atoms with E-state index < -0.39 is 11.9 Å². The summed E-state index contributed by atoms with van der Waals surface area (Å²) >= 11 is 0. The molecule has 2 heterocycles. The molecule has 3 rings (SSSR count). The van der Waals surface area contributed by atoms with Crippen molar-refractivity contribution < 1.29 is 19.0 Å². The van der Waals surface area contributed by atoms with Gasteiger partial charge in [-0.3, -0.25) is 4.98 Å². The van der Waals surface area contributed by atoms with E-state index in [-0.39, 0.29) is 17.7 Å². The normalized spacial score (nSPS) is 23.0. The van der Waals surface area contributed by atoms with Crippen molar-refractivity contribution in [2.24, 2.45) is 5.73 Å². The van der Waals surface area contributed by atoms with E-state index in [1.165, 1.54) is 13.2 Å². The number of halogens is 1. The van der Waals surface area contributed by atoms with E-state index in [1.54, 1.807) is 18.3 Å². The first-order valence-corrected chi connectivity index (χ1v) is 7.75. The molecule has 6 heteroatoms. The number of nitrogens with zero attached hydrogens (tertiary/aromatic N) is 1. The van der Waals surface area contributed by atoms with Gasteiger partial charge in [-0.25, -0.2) is 4.39 Å². The molecular formula is C17H21FN2O3. The zero-order valence-corrected chi connectivity index (χ0v) is 13.0. The van der Waals surface area contributed by atoms with Gasteiger partial charge in [-0.1, -0.05) is 0 Å². The zero-order chi connectivity index (χ0) is 16.4. The van der Waals surface area contributed by atoms with Crippen LogP contribution in [0, 0.1) is 5.82 Å². The average molecular weight is 320 g/mol. The van der Waals surface area contributed by atoms with Crippen LogP contribution in [0.5, 0.6) is 5.75 Å². The van der Waals surface area contributed by atoms with Crippen LogP contribution in [-0.2, 0) is 11.2 Å². The molecule has 1 aromatic carbocycles. The van der Waals surface area contributed by atoms with Crippen molar-refractivity contribution in [3.05, 3.63) is 35.8 Å². The minimum absolute atomic E-state index is 0.0403. The van der Waals surface area contributed by atoms with E-state index in [0.717, 1.165) is 18.4 Å². The molecule has 3 N–H and O–H groups in total. The Morgan fingerprint density at radius 2 is 2.30 bits per heavy atom. The molecule has 0 bridgehead atoms. The van der Waals surface area contributed by atoms with Gasteiger partial charge in [-0.15, -0.1) is 0 Å². The maximum Gasteiger partial charge on any atom is 0.153 e. The molecule has 23 heavy (non-hydrogen) atoms. The number of rotatable bonds is 4. The lowest BCUT2D eigenvalue weighted by Gasteiger charge is -2.30. The smallest absolute Gasteiger partial charge is 0.153 e. The topological polar surface area (TPSA) is 77.6 Å². The Morgan fingerprint density at radius 3 is 3.00 bits per heavy atom. The number of methoxy groups -OCH3 is 1. The molecule has 1 fully saturated rings. The van der Waals surface area contributed by atoms with Crippen LogP contribution in [0.1, 0.15) is 18.4 Å². The monoisotopic (exact) mass is 320 g/mol. The largest absolute Gasteiger partial charge is 0.497 e. The van der Waals surface area contributed by atoms with E-state index in [9.17, 15) is 9.50 Å². The standard InChI is InChI=1S/C17H21FN2O3/c1-22-12-7-13-10(4-5-20-17(13)14(18)8-12)6-15(21)16-3-2-11(19)9-23-16/h4-5,7-8,11,15-16,21H,2-3,6,9,19H2,1H3/t11-,15+,16+/m1/s1. The van der Waals surface area contributed by atoms with Crippen LogP contribution >= 0.6 is 0 Å². The summed E-state index contributed by atoms with van der Waals surface area (Å²) in [4.78, 5) is 4.09. The molecule has 3 atom stereocenters. The molecule has 124 valence electrons. The number of benzene rings is 1. The SMILES string of the molecule is COc1cc(F)c2nccc(C[C@H](O)[C@@H]3CC[C@@H](N)CO3)c2c1. The highest BCUT2D eigenvalue weighted by atomic mass is 19.1. The second-order valence-corrected chi connectivity index (χ2v) is 5.96. The van der Waals surface area contributed by atoms with E-state index >= 15 is 0 Å². The Hall–Kier alpha value is -1.76. The second kappa shape index (κ2) is 6.78. The summed E-state index contributed by atoms with van der Waals surface area (Å²) in [5, 5.41) is 11.1. The summed E-state index contributed by atoms with van der Waals surface area (Å²) in [6.45, 7) is 0.460. The number of ether oxygens (including phenoxy) is 2. The van der Waals surface area contributed by atoms with Gasteiger partial charge in [-0.05, 0) is 30.5 Å². The second-order valence-electron chi connectivity index (χ2n) is 5.96. The van der Waals surface area contributed by atoms with E-state index in [0.29, 0.717) is 24.2 Å². The van der Waals surface area contributed by atoms with Crippen LogP contribution in [0.4, 0.5) is 4.39 Å². The molecule has 2 aromatic rings. The number of aromatic nitrogens is 1. The van der Waals surface area contributed by atoms with Crippen molar-refractivity contribution in [3.63, 3.8) is 0 Å². The molecule has 0 aliphatic carbocycles. The lowest BCUT2D eigenvalue weighted by molar-refractivity contribution is -0.0671. The van der Waals surface area contributed by atoms with Crippen LogP contribution in [-0.4, -0.2) is 42.1 Å². The number of pyridine rings is 1. The lowest BCUT2D eigenvalue weighted by Crippen LogP contribution is -2.41. The van der Waals surface area contributed by atoms with Gasteiger partial charge in [0, 0.05) is 30.1 Å². The number of fused-ring (bicyclic) bond motifs is 1. The molecule has 1 aliphatic heterocycles. The lowest BCUT2D eigenvalue weighted by atomic mass is 9.95. The fourth-order valence-electron chi connectivity index (χ4n) is 2.99. The Kier molecular flexibility index (Phi) is 4.75. The highest BCUT2D eigenvalue weighted by Crippen LogP contribution is 2.27. The fourth-order valence-corrected chi connectivity index (χ4v) is 2.99. The van der Waals surface area contributed by atoms with Crippen molar-refractivity contribution in [1.82, 2.24) is 4.98 Å². The quantitative estimate of drug-likeness (QED) is 0.898. The highest BCUT2D eigenvalue weighted by Gasteiger charge is 2.26. The summed E-state index contributed by atoms with van der Waals surface area (Å²) in [6.07, 6.45) is 2.57. The van der Waals surface area contributed by atoms with Crippen LogP contribution in [0.3, 0.4) is 0 Å². The van der Waals surface area contributed by atoms with Crippen LogP contribution in [0.15, 0.2) is 24.4 Å². The molecule has 0 amide bonds. The minimum Gasteiger partial charge on any atom is -0.497 e. The van der Waals surface area contributed by atoms with Gasteiger partial charge < -0.3 is 20.3 Å². The first-order chi connectivity index (χ1) is 11.1. The predicted octanol–water partition coefficient (Wildman–Crippen LogP) is 1.79. The van der Waals surface area contributed by atoms with Crippen LogP contribution < -0.4 is 10.5 Å². The average Bonchev–Trinajstić information content (AvgIpc) is 2.56. The van der Waals surface area contributed by atoms with Gasteiger partial charge in [0.15, 0.2) is 5.82 Å².